The molecule has 1 aromatic rings. The first-order valence-corrected chi connectivity index (χ1v) is 8.60. The maximum atomic E-state index is 5.74. The fourth-order valence-electron chi connectivity index (χ4n) is 2.69. The highest BCUT2D eigenvalue weighted by Crippen LogP contribution is 2.23. The number of nitrogens with two attached hydrogens (primary N) is 1. The third-order valence-corrected chi connectivity index (χ3v) is 5.50. The van der Waals surface area contributed by atoms with E-state index < -0.39 is 0 Å². The molecule has 118 valence electrons. The van der Waals surface area contributed by atoms with E-state index in [1.54, 1.807) is 0 Å². The van der Waals surface area contributed by atoms with Crippen LogP contribution in [-0.4, -0.2) is 56.8 Å². The Labute approximate surface area is 140 Å². The Bertz CT molecular complexity index is 508. The highest BCUT2D eigenvalue weighted by molar-refractivity contribution is 9.10. The molecule has 0 spiro atoms. The lowest BCUT2D eigenvalue weighted by molar-refractivity contribution is 0.116. The van der Waals surface area contributed by atoms with Gasteiger partial charge in [-0.25, -0.2) is 0 Å². The van der Waals surface area contributed by atoms with Crippen LogP contribution in [0.15, 0.2) is 4.47 Å². The standard InChI is InChI=1S/C14H24BrN5S/c1-4-11-13(15)12(18(3)17-11)9-19-5-7-20(8-6-19)10(2)14(16)21/h10H,4-9H2,1-3H3,(H2,16,21). The molecule has 2 N–H and O–H groups in total. The van der Waals surface area contributed by atoms with Gasteiger partial charge in [0.25, 0.3) is 0 Å². The van der Waals surface area contributed by atoms with Crippen molar-refractivity contribution in [1.82, 2.24) is 19.6 Å². The van der Waals surface area contributed by atoms with Crippen molar-refractivity contribution in [1.29, 1.82) is 0 Å². The molecule has 0 saturated carbocycles. The van der Waals surface area contributed by atoms with Crippen molar-refractivity contribution in [2.24, 2.45) is 12.8 Å². The highest BCUT2D eigenvalue weighted by atomic mass is 79.9. The van der Waals surface area contributed by atoms with Crippen molar-refractivity contribution < 1.29 is 0 Å². The van der Waals surface area contributed by atoms with Crippen LogP contribution in [0, 0.1) is 0 Å². The summed E-state index contributed by atoms with van der Waals surface area (Å²) >= 11 is 8.78. The summed E-state index contributed by atoms with van der Waals surface area (Å²) in [5, 5.41) is 4.56. The van der Waals surface area contributed by atoms with Crippen LogP contribution in [0.4, 0.5) is 0 Å². The van der Waals surface area contributed by atoms with Crippen LogP contribution in [0.2, 0.25) is 0 Å². The molecule has 1 aromatic heterocycles. The fourth-order valence-corrected chi connectivity index (χ4v) is 3.58. The average Bonchev–Trinajstić information content (AvgIpc) is 2.74. The molecule has 1 aliphatic rings. The Hall–Kier alpha value is -0.500. The molecule has 2 heterocycles. The van der Waals surface area contributed by atoms with E-state index in [0.29, 0.717) is 4.99 Å². The zero-order valence-electron chi connectivity index (χ0n) is 13.0. The molecule has 0 aliphatic carbocycles. The summed E-state index contributed by atoms with van der Waals surface area (Å²) < 4.78 is 3.15. The smallest absolute Gasteiger partial charge is 0.0899 e. The lowest BCUT2D eigenvalue weighted by atomic mass is 10.2. The predicted molar refractivity (Wildman–Crippen MR) is 93.4 cm³/mol. The van der Waals surface area contributed by atoms with Gasteiger partial charge in [-0.1, -0.05) is 19.1 Å². The summed E-state index contributed by atoms with van der Waals surface area (Å²) in [6.45, 7) is 9.23. The predicted octanol–water partition coefficient (Wildman–Crippen LogP) is 1.54. The third-order valence-electron chi connectivity index (χ3n) is 4.24. The van der Waals surface area contributed by atoms with E-state index in [2.05, 4.69) is 44.7 Å². The van der Waals surface area contributed by atoms with Crippen molar-refractivity contribution in [3.05, 3.63) is 15.9 Å². The largest absolute Gasteiger partial charge is 0.392 e. The molecule has 0 radical (unpaired) electrons. The van der Waals surface area contributed by atoms with Crippen molar-refractivity contribution >= 4 is 33.1 Å². The monoisotopic (exact) mass is 373 g/mol. The quantitative estimate of drug-likeness (QED) is 0.793. The molecule has 1 atom stereocenters. The van der Waals surface area contributed by atoms with Crippen LogP contribution in [-0.2, 0) is 20.0 Å². The lowest BCUT2D eigenvalue weighted by Crippen LogP contribution is -2.52. The van der Waals surface area contributed by atoms with Crippen LogP contribution in [0.1, 0.15) is 25.2 Å². The number of hydrogen-bond donors (Lipinski definition) is 1. The molecule has 5 nitrogen and oxygen atoms in total. The van der Waals surface area contributed by atoms with E-state index in [1.165, 1.54) is 5.69 Å². The van der Waals surface area contributed by atoms with Gasteiger partial charge in [0.2, 0.25) is 0 Å². The Morgan fingerprint density at radius 1 is 1.38 bits per heavy atom. The number of rotatable bonds is 5. The van der Waals surface area contributed by atoms with E-state index in [1.807, 2.05) is 11.7 Å². The maximum Gasteiger partial charge on any atom is 0.0899 e. The maximum absolute atomic E-state index is 5.74. The topological polar surface area (TPSA) is 50.3 Å². The second-order valence-electron chi connectivity index (χ2n) is 5.57. The second-order valence-corrected chi connectivity index (χ2v) is 6.84. The fraction of sp³-hybridized carbons (Fsp3) is 0.714. The van der Waals surface area contributed by atoms with E-state index in [4.69, 9.17) is 18.0 Å². The zero-order valence-corrected chi connectivity index (χ0v) is 15.4. The van der Waals surface area contributed by atoms with Crippen LogP contribution in [0.5, 0.6) is 0 Å². The Morgan fingerprint density at radius 3 is 2.48 bits per heavy atom. The minimum Gasteiger partial charge on any atom is -0.392 e. The molecule has 0 bridgehead atoms. The van der Waals surface area contributed by atoms with Crippen molar-refractivity contribution in [2.75, 3.05) is 26.2 Å². The van der Waals surface area contributed by atoms with Gasteiger partial charge in [-0.15, -0.1) is 0 Å². The molecule has 7 heteroatoms. The number of piperazine rings is 1. The Kier molecular flexibility index (Phi) is 5.76. The van der Waals surface area contributed by atoms with Crippen LogP contribution < -0.4 is 5.73 Å². The molecule has 21 heavy (non-hydrogen) atoms. The summed E-state index contributed by atoms with van der Waals surface area (Å²) in [7, 11) is 2.02. The molecule has 0 amide bonds. The SMILES string of the molecule is CCc1nn(C)c(CN2CCN(C(C)C(N)=S)CC2)c1Br. The highest BCUT2D eigenvalue weighted by Gasteiger charge is 2.24. The van der Waals surface area contributed by atoms with Crippen molar-refractivity contribution in [3.63, 3.8) is 0 Å². The molecule has 1 aliphatic heterocycles. The molecule has 2 rings (SSSR count). The molecular formula is C14H24BrN5S. The van der Waals surface area contributed by atoms with Crippen LogP contribution in [0.3, 0.4) is 0 Å². The van der Waals surface area contributed by atoms with Gasteiger partial charge < -0.3 is 5.73 Å². The third kappa shape index (κ3) is 3.83. The summed E-state index contributed by atoms with van der Waals surface area (Å²) in [4.78, 5) is 5.41. The van der Waals surface area contributed by atoms with Crippen molar-refractivity contribution in [2.45, 2.75) is 32.9 Å². The number of aryl methyl sites for hydroxylation is 2. The van der Waals surface area contributed by atoms with Gasteiger partial charge in [-0.3, -0.25) is 14.5 Å². The first-order chi connectivity index (χ1) is 9.93. The molecule has 1 fully saturated rings. The Balaban J connectivity index is 1.95. The minimum atomic E-state index is 0.192. The second kappa shape index (κ2) is 7.17. The van der Waals surface area contributed by atoms with E-state index >= 15 is 0 Å². The van der Waals surface area contributed by atoms with E-state index in [0.717, 1.165) is 49.3 Å². The minimum absolute atomic E-state index is 0.192. The van der Waals surface area contributed by atoms with Gasteiger partial charge in [0.05, 0.1) is 26.9 Å². The van der Waals surface area contributed by atoms with E-state index in [9.17, 15) is 0 Å². The summed E-state index contributed by atoms with van der Waals surface area (Å²) in [5.41, 5.74) is 8.13. The first kappa shape index (κ1) is 16.9. The molecule has 1 saturated heterocycles. The number of nitrogens with zero attached hydrogens (tertiary/aromatic N) is 4. The normalized spacial score (nSPS) is 18.9. The summed E-state index contributed by atoms with van der Waals surface area (Å²) in [6, 6.07) is 0.192. The van der Waals surface area contributed by atoms with Gasteiger partial charge in [-0.05, 0) is 29.3 Å². The van der Waals surface area contributed by atoms with Gasteiger partial charge in [0, 0.05) is 39.8 Å². The van der Waals surface area contributed by atoms with Crippen LogP contribution >= 0.6 is 28.1 Å². The lowest BCUT2D eigenvalue weighted by Gasteiger charge is -2.37. The number of halogens is 1. The average molecular weight is 374 g/mol. The zero-order chi connectivity index (χ0) is 15.6. The summed E-state index contributed by atoms with van der Waals surface area (Å²) in [5.74, 6) is 0. The van der Waals surface area contributed by atoms with Crippen LogP contribution in [0.25, 0.3) is 0 Å². The molecular weight excluding hydrogens is 350 g/mol. The first-order valence-electron chi connectivity index (χ1n) is 7.40. The number of hydrogen-bond acceptors (Lipinski definition) is 4. The van der Waals surface area contributed by atoms with Crippen molar-refractivity contribution in [3.8, 4) is 0 Å². The number of thiocarbonyl (C=S) groups is 1. The van der Waals surface area contributed by atoms with Gasteiger partial charge in [-0.2, -0.15) is 5.10 Å². The van der Waals surface area contributed by atoms with Gasteiger partial charge in [0.15, 0.2) is 0 Å². The van der Waals surface area contributed by atoms with Gasteiger partial charge in [0.1, 0.15) is 0 Å². The molecule has 1 unspecified atom stereocenters. The Morgan fingerprint density at radius 2 is 2.00 bits per heavy atom. The summed E-state index contributed by atoms with van der Waals surface area (Å²) in [6.07, 6.45) is 0.952. The number of aromatic nitrogens is 2. The van der Waals surface area contributed by atoms with Gasteiger partial charge >= 0.3 is 0 Å². The van der Waals surface area contributed by atoms with E-state index in [-0.39, 0.29) is 6.04 Å². The molecule has 0 aromatic carbocycles.